The Balaban J connectivity index is 1.66. The fourth-order valence-electron chi connectivity index (χ4n) is 3.70. The van der Waals surface area contributed by atoms with Crippen LogP contribution in [0.3, 0.4) is 0 Å². The molecule has 0 saturated heterocycles. The van der Waals surface area contributed by atoms with E-state index in [4.69, 9.17) is 46.4 Å². The summed E-state index contributed by atoms with van der Waals surface area (Å²) in [5.74, 6) is -3.17. The van der Waals surface area contributed by atoms with Gasteiger partial charge in [-0.3, -0.25) is 9.59 Å². The highest BCUT2D eigenvalue weighted by Gasteiger charge is 2.67. The number of halogens is 7. The summed E-state index contributed by atoms with van der Waals surface area (Å²) in [5.41, 5.74) is 2.01. The zero-order chi connectivity index (χ0) is 26.1. The molecular formula is C23H21Cl4F3N2O2S. The van der Waals surface area contributed by atoms with Gasteiger partial charge in [0.15, 0.2) is 0 Å². The number of alkyl halides is 5. The molecule has 35 heavy (non-hydrogen) atoms. The van der Waals surface area contributed by atoms with Gasteiger partial charge in [0.1, 0.15) is 4.33 Å². The van der Waals surface area contributed by atoms with Crippen molar-refractivity contribution in [2.45, 2.75) is 36.3 Å². The molecule has 2 aromatic rings. The number of carbonyl (C=O) groups is 2. The first-order valence-corrected chi connectivity index (χ1v) is 13.1. The van der Waals surface area contributed by atoms with E-state index in [1.54, 1.807) is 19.1 Å². The monoisotopic (exact) mass is 586 g/mol. The Labute approximate surface area is 225 Å². The number of hydrogen-bond donors (Lipinski definition) is 2. The molecule has 3 atom stereocenters. The van der Waals surface area contributed by atoms with Crippen LogP contribution in [0.2, 0.25) is 10.0 Å². The van der Waals surface area contributed by atoms with Crippen molar-refractivity contribution in [3.05, 3.63) is 63.1 Å². The lowest BCUT2D eigenvalue weighted by Crippen LogP contribution is -2.35. The van der Waals surface area contributed by atoms with Gasteiger partial charge in [-0.1, -0.05) is 29.3 Å². The van der Waals surface area contributed by atoms with Gasteiger partial charge in [0.25, 0.3) is 5.91 Å². The van der Waals surface area contributed by atoms with E-state index in [-0.39, 0.29) is 16.3 Å². The standard InChI is InChI=1S/C23H21Cl4F3N2O2S/c1-11-5-13(7-14(24)6-11)18-19(23(18,26)27)21(34)32-15-3-4-17(25)16(8-15)20(33)31-12(2)9-35-10-22(28,29)30/h3-8,12,18-19H,9-10H2,1-2H3,(H,31,33)(H,32,34)/t12-,18?,19?/m1/s1. The molecule has 1 aliphatic carbocycles. The predicted octanol–water partition coefficient (Wildman–Crippen LogP) is 7.24. The fraction of sp³-hybridized carbons (Fsp3) is 0.391. The minimum atomic E-state index is -4.28. The smallest absolute Gasteiger partial charge is 0.349 e. The SMILES string of the molecule is Cc1cc(Cl)cc(C2C(C(=O)Nc3ccc(Cl)c(C(=O)N[C@H](C)CSCC(F)(F)F)c3)C2(Cl)Cl)c1. The Hall–Kier alpha value is -1.32. The zero-order valence-electron chi connectivity index (χ0n) is 18.5. The molecule has 1 saturated carbocycles. The third-order valence-electron chi connectivity index (χ3n) is 5.25. The summed E-state index contributed by atoms with van der Waals surface area (Å²) in [6.07, 6.45) is -4.28. The number of carbonyl (C=O) groups excluding carboxylic acids is 2. The zero-order valence-corrected chi connectivity index (χ0v) is 22.3. The van der Waals surface area contributed by atoms with Crippen molar-refractivity contribution in [2.24, 2.45) is 5.92 Å². The summed E-state index contributed by atoms with van der Waals surface area (Å²) >= 11 is 25.8. The lowest BCUT2D eigenvalue weighted by molar-refractivity contribution is -0.117. The van der Waals surface area contributed by atoms with Crippen LogP contribution in [0.15, 0.2) is 36.4 Å². The largest absolute Gasteiger partial charge is 0.397 e. The van der Waals surface area contributed by atoms with Crippen LogP contribution in [0.25, 0.3) is 0 Å². The highest BCUT2D eigenvalue weighted by Crippen LogP contribution is 2.65. The Kier molecular flexibility index (Phi) is 8.86. The van der Waals surface area contributed by atoms with E-state index in [0.29, 0.717) is 22.5 Å². The maximum atomic E-state index is 12.9. The molecule has 4 nitrogen and oxygen atoms in total. The normalized spacial score (nSPS) is 19.7. The lowest BCUT2D eigenvalue weighted by Gasteiger charge is -2.15. The first-order valence-electron chi connectivity index (χ1n) is 10.4. The molecule has 3 rings (SSSR count). The van der Waals surface area contributed by atoms with Crippen molar-refractivity contribution in [2.75, 3.05) is 16.8 Å². The third-order valence-corrected chi connectivity index (χ3v) is 8.00. The Morgan fingerprint density at radius 1 is 1.14 bits per heavy atom. The highest BCUT2D eigenvalue weighted by atomic mass is 35.5. The Morgan fingerprint density at radius 2 is 1.83 bits per heavy atom. The average Bonchev–Trinajstić information content (AvgIpc) is 3.29. The van der Waals surface area contributed by atoms with E-state index >= 15 is 0 Å². The van der Waals surface area contributed by atoms with E-state index < -0.39 is 46.0 Å². The van der Waals surface area contributed by atoms with E-state index in [2.05, 4.69) is 10.6 Å². The highest BCUT2D eigenvalue weighted by molar-refractivity contribution is 7.99. The van der Waals surface area contributed by atoms with Crippen molar-refractivity contribution in [1.29, 1.82) is 0 Å². The van der Waals surface area contributed by atoms with Gasteiger partial charge in [0.05, 0.1) is 22.3 Å². The number of rotatable bonds is 8. The summed E-state index contributed by atoms with van der Waals surface area (Å²) < 4.78 is 35.6. The average molecular weight is 588 g/mol. The molecule has 2 amide bonds. The molecule has 190 valence electrons. The van der Waals surface area contributed by atoms with Gasteiger partial charge in [-0.15, -0.1) is 23.2 Å². The van der Waals surface area contributed by atoms with Crippen LogP contribution in [-0.4, -0.2) is 39.9 Å². The molecule has 12 heteroatoms. The second-order valence-electron chi connectivity index (χ2n) is 8.38. The summed E-state index contributed by atoms with van der Waals surface area (Å²) in [7, 11) is 0. The van der Waals surface area contributed by atoms with Crippen LogP contribution in [0.5, 0.6) is 0 Å². The molecule has 1 aliphatic rings. The predicted molar refractivity (Wildman–Crippen MR) is 137 cm³/mol. The Bertz CT molecular complexity index is 1110. The van der Waals surface area contributed by atoms with Crippen LogP contribution in [0.4, 0.5) is 18.9 Å². The van der Waals surface area contributed by atoms with Crippen LogP contribution in [0.1, 0.15) is 34.3 Å². The number of nitrogens with one attached hydrogen (secondary N) is 2. The molecule has 1 fully saturated rings. The minimum absolute atomic E-state index is 0.0676. The topological polar surface area (TPSA) is 58.2 Å². The van der Waals surface area contributed by atoms with Crippen molar-refractivity contribution >= 4 is 75.7 Å². The maximum absolute atomic E-state index is 12.9. The van der Waals surface area contributed by atoms with Gasteiger partial charge in [-0.25, -0.2) is 0 Å². The maximum Gasteiger partial charge on any atom is 0.397 e. The number of thioether (sulfide) groups is 1. The first-order chi connectivity index (χ1) is 16.2. The van der Waals surface area contributed by atoms with Crippen molar-refractivity contribution < 1.29 is 22.8 Å². The van der Waals surface area contributed by atoms with Gasteiger partial charge in [-0.2, -0.15) is 24.9 Å². The molecule has 2 aromatic carbocycles. The van der Waals surface area contributed by atoms with Gasteiger partial charge >= 0.3 is 6.18 Å². The fourth-order valence-corrected chi connectivity index (χ4v) is 5.82. The van der Waals surface area contributed by atoms with E-state index in [9.17, 15) is 22.8 Å². The molecule has 0 bridgehead atoms. The van der Waals surface area contributed by atoms with E-state index in [0.717, 1.165) is 11.1 Å². The van der Waals surface area contributed by atoms with E-state index in [1.165, 1.54) is 18.2 Å². The second kappa shape index (κ2) is 11.0. The molecule has 0 heterocycles. The van der Waals surface area contributed by atoms with Gasteiger partial charge in [-0.05, 0) is 55.3 Å². The van der Waals surface area contributed by atoms with Crippen LogP contribution < -0.4 is 10.6 Å². The number of amides is 2. The molecule has 0 spiro atoms. The van der Waals surface area contributed by atoms with Gasteiger partial charge in [0.2, 0.25) is 5.91 Å². The Morgan fingerprint density at radius 3 is 2.46 bits per heavy atom. The summed E-state index contributed by atoms with van der Waals surface area (Å²) in [5, 5.41) is 5.95. The molecule has 2 N–H and O–H groups in total. The first kappa shape index (κ1) is 28.3. The molecule has 0 aromatic heterocycles. The van der Waals surface area contributed by atoms with Crippen molar-refractivity contribution in [3.63, 3.8) is 0 Å². The quantitative estimate of drug-likeness (QED) is 0.320. The third kappa shape index (κ3) is 7.35. The van der Waals surface area contributed by atoms with Crippen LogP contribution >= 0.6 is 58.2 Å². The molecule has 2 unspecified atom stereocenters. The lowest BCUT2D eigenvalue weighted by atomic mass is 10.1. The van der Waals surface area contributed by atoms with Crippen LogP contribution in [0, 0.1) is 12.8 Å². The van der Waals surface area contributed by atoms with Crippen molar-refractivity contribution in [3.8, 4) is 0 Å². The van der Waals surface area contributed by atoms with Gasteiger partial charge < -0.3 is 10.6 Å². The summed E-state index contributed by atoms with van der Waals surface area (Å²) in [6, 6.07) is 9.16. The number of aryl methyl sites for hydroxylation is 1. The van der Waals surface area contributed by atoms with Crippen LogP contribution in [-0.2, 0) is 4.79 Å². The molecule has 0 aliphatic heterocycles. The van der Waals surface area contributed by atoms with E-state index in [1.807, 2.05) is 13.0 Å². The minimum Gasteiger partial charge on any atom is -0.349 e. The second-order valence-corrected chi connectivity index (χ2v) is 11.7. The van der Waals surface area contributed by atoms with Crippen molar-refractivity contribution in [1.82, 2.24) is 5.32 Å². The molecular weight excluding hydrogens is 567 g/mol. The molecule has 0 radical (unpaired) electrons. The summed E-state index contributed by atoms with van der Waals surface area (Å²) in [4.78, 5) is 25.6. The number of benzene rings is 2. The number of hydrogen-bond acceptors (Lipinski definition) is 3. The summed E-state index contributed by atoms with van der Waals surface area (Å²) in [6.45, 7) is 3.46. The number of anilines is 1. The van der Waals surface area contributed by atoms with Gasteiger partial charge in [0, 0.05) is 28.4 Å².